The van der Waals surface area contributed by atoms with Gasteiger partial charge in [0, 0.05) is 51.2 Å². The number of rotatable bonds is 27. The van der Waals surface area contributed by atoms with Crippen LogP contribution in [-0.4, -0.2) is 228 Å². The number of nitrogens with zero attached hydrogens (tertiary/aromatic N) is 2. The van der Waals surface area contributed by atoms with Gasteiger partial charge in [-0.05, 0) is 0 Å². The molecular weight excluding hydrogens is 947 g/mol. The fourth-order valence-electron chi connectivity index (χ4n) is 5.91. The SMILES string of the molecule is C.C.C.C.CP(=O)(OCCO)OCCO[PH](=O)OCCOCN1C(=O)N(COCC2OC(COCC3C(CO)OC(COO)C(O)C3O)C(O)C(O)C2COO)C(O)C1O.[Y]. The van der Waals surface area contributed by atoms with Crippen LogP contribution < -0.4 is 0 Å². The Balaban J connectivity index is -0.00000673. The average molecular weight is 1020 g/mol. The van der Waals surface area contributed by atoms with Crippen molar-refractivity contribution in [2.75, 3.05) is 99.4 Å². The van der Waals surface area contributed by atoms with E-state index in [4.69, 9.17) is 57.4 Å². The normalized spacial score (nSPS) is 31.4. The first-order chi connectivity index (χ1) is 26.7. The quantitative estimate of drug-likeness (QED) is 0.0190. The maximum absolute atomic E-state index is 12.9. The Labute approximate surface area is 382 Å². The van der Waals surface area contributed by atoms with E-state index in [2.05, 4.69) is 9.78 Å². The Morgan fingerprint density at radius 2 is 1.10 bits per heavy atom. The molecule has 365 valence electrons. The zero-order chi connectivity index (χ0) is 41.4. The summed E-state index contributed by atoms with van der Waals surface area (Å²) in [6.07, 6.45) is -14.1. The molecule has 3 saturated heterocycles. The van der Waals surface area contributed by atoms with Crippen LogP contribution >= 0.6 is 15.9 Å². The number of aliphatic hydroxyl groups excluding tert-OH is 8. The van der Waals surface area contributed by atoms with Crippen molar-refractivity contribution in [2.45, 2.75) is 91.0 Å². The Bertz CT molecular complexity index is 1220. The van der Waals surface area contributed by atoms with Gasteiger partial charge in [0.2, 0.25) is 0 Å². The molecule has 0 spiro atoms. The molecule has 3 fully saturated rings. The summed E-state index contributed by atoms with van der Waals surface area (Å²) in [4.78, 5) is 22.6. The molecule has 14 unspecified atom stereocenters. The van der Waals surface area contributed by atoms with Crippen LogP contribution in [0.2, 0.25) is 0 Å². The summed E-state index contributed by atoms with van der Waals surface area (Å²) in [6, 6.07) is -0.907. The fraction of sp³-hybridized carbons (Fsp3) is 0.969. The molecule has 0 aromatic carbocycles. The van der Waals surface area contributed by atoms with E-state index in [1.165, 1.54) is 6.66 Å². The second-order valence-corrected chi connectivity index (χ2v) is 15.9. The Morgan fingerprint density at radius 1 is 0.623 bits per heavy atom. The number of hydrogen-bond acceptors (Lipinski definition) is 24. The van der Waals surface area contributed by atoms with Crippen molar-refractivity contribution in [3.8, 4) is 0 Å². The number of carbonyl (C=O) groups is 1. The van der Waals surface area contributed by atoms with Gasteiger partial charge in [0.15, 0.2) is 12.5 Å². The minimum atomic E-state index is -3.41. The molecule has 2 amide bonds. The molecule has 10 N–H and O–H groups in total. The largest absolute Gasteiger partial charge is 0.394 e. The maximum Gasteiger partial charge on any atom is 0.328 e. The van der Waals surface area contributed by atoms with Crippen molar-refractivity contribution < 1.29 is 150 Å². The van der Waals surface area contributed by atoms with Gasteiger partial charge < -0.3 is 82.6 Å². The average Bonchev–Trinajstić information content (AvgIpc) is 3.37. The second-order valence-electron chi connectivity index (χ2n) is 12.7. The molecule has 29 heteroatoms. The van der Waals surface area contributed by atoms with Crippen molar-refractivity contribution in [2.24, 2.45) is 11.8 Å². The molecule has 1 radical (unpaired) electrons. The monoisotopic (exact) mass is 1020 g/mol. The van der Waals surface area contributed by atoms with Gasteiger partial charge in [0.25, 0.3) is 0 Å². The zero-order valence-electron chi connectivity index (χ0n) is 30.9. The van der Waals surface area contributed by atoms with Crippen molar-refractivity contribution in [1.82, 2.24) is 9.80 Å². The zero-order valence-corrected chi connectivity index (χ0v) is 35.7. The van der Waals surface area contributed by atoms with Gasteiger partial charge in [-0.2, -0.15) is 0 Å². The summed E-state index contributed by atoms with van der Waals surface area (Å²) in [5.41, 5.74) is 0. The van der Waals surface area contributed by atoms with Crippen LogP contribution in [0.25, 0.3) is 0 Å². The molecule has 3 aliphatic heterocycles. The van der Waals surface area contributed by atoms with E-state index in [-0.39, 0.29) is 115 Å². The van der Waals surface area contributed by atoms with Crippen LogP contribution in [0.4, 0.5) is 4.79 Å². The van der Waals surface area contributed by atoms with Crippen molar-refractivity contribution >= 4 is 21.9 Å². The van der Waals surface area contributed by atoms with Gasteiger partial charge in [0.05, 0.1) is 97.1 Å². The molecule has 0 saturated carbocycles. The number of carbonyl (C=O) groups excluding carboxylic acids is 1. The minimum absolute atomic E-state index is 0. The first-order valence-electron chi connectivity index (χ1n) is 17.3. The number of amides is 2. The van der Waals surface area contributed by atoms with Crippen LogP contribution in [0.5, 0.6) is 0 Å². The van der Waals surface area contributed by atoms with Crippen LogP contribution in [-0.2, 0) is 93.4 Å². The Kier molecular flexibility index (Phi) is 35.8. The van der Waals surface area contributed by atoms with E-state index < -0.39 is 135 Å². The molecular formula is C32H70N2O24P2Y. The van der Waals surface area contributed by atoms with E-state index in [0.717, 1.165) is 9.80 Å². The third-order valence-electron chi connectivity index (χ3n) is 8.90. The van der Waals surface area contributed by atoms with E-state index in [0.29, 0.717) is 0 Å². The molecule has 61 heavy (non-hydrogen) atoms. The second kappa shape index (κ2) is 33.5. The molecule has 0 aliphatic carbocycles. The topological polar surface area (TPSA) is 362 Å². The van der Waals surface area contributed by atoms with Crippen molar-refractivity contribution in [3.05, 3.63) is 0 Å². The number of aliphatic hydroxyl groups is 8. The molecule has 14 atom stereocenters. The van der Waals surface area contributed by atoms with Gasteiger partial charge in [-0.1, -0.05) is 29.7 Å². The van der Waals surface area contributed by atoms with Gasteiger partial charge >= 0.3 is 21.9 Å². The first-order valence-corrected chi connectivity index (χ1v) is 20.5. The van der Waals surface area contributed by atoms with E-state index in [1.54, 1.807) is 0 Å². The smallest absolute Gasteiger partial charge is 0.328 e. The van der Waals surface area contributed by atoms with E-state index in [1.807, 2.05) is 0 Å². The van der Waals surface area contributed by atoms with Gasteiger partial charge in [0.1, 0.15) is 44.5 Å². The summed E-state index contributed by atoms with van der Waals surface area (Å²) < 4.78 is 71.3. The summed E-state index contributed by atoms with van der Waals surface area (Å²) in [7, 11) is -6.41. The van der Waals surface area contributed by atoms with Crippen LogP contribution in [0.15, 0.2) is 0 Å². The van der Waals surface area contributed by atoms with Gasteiger partial charge in [-0.15, -0.1) is 0 Å². The standard InChI is InChI=1S/C28H54N2O24P2.4CH4.Y/c1-56(43,51-3-2-31)52-7-6-50-55(42)49-5-4-44-14-29-26(37)27(38)30(28(29)39)15-46-11-19-17(10-47-40)23(34)24(35)20(54-19)12-45-9-16-18(8-32)53-21(13-48-41)25(36)22(16)33;;;;;/h16-27,31-38,40-41,55H,2-15H2,1H3;4*1H4;. The van der Waals surface area contributed by atoms with Gasteiger partial charge in [-0.3, -0.25) is 29.4 Å². The predicted molar refractivity (Wildman–Crippen MR) is 206 cm³/mol. The molecule has 3 rings (SSSR count). The Hall–Kier alpha value is -0.00610. The fourth-order valence-corrected chi connectivity index (χ4v) is 7.39. The van der Waals surface area contributed by atoms with Gasteiger partial charge in [-0.25, -0.2) is 14.6 Å². The molecule has 0 bridgehead atoms. The third-order valence-corrected chi connectivity index (χ3v) is 11.1. The molecule has 26 nitrogen and oxygen atoms in total. The molecule has 3 heterocycles. The van der Waals surface area contributed by atoms with Crippen molar-refractivity contribution in [1.29, 1.82) is 0 Å². The minimum Gasteiger partial charge on any atom is -0.394 e. The summed E-state index contributed by atoms with van der Waals surface area (Å²) >= 11 is 0. The van der Waals surface area contributed by atoms with Crippen LogP contribution in [0.3, 0.4) is 0 Å². The summed E-state index contributed by atoms with van der Waals surface area (Å²) in [5.74, 6) is -2.03. The van der Waals surface area contributed by atoms with E-state index in [9.17, 15) is 49.7 Å². The number of ether oxygens (including phenoxy) is 5. The van der Waals surface area contributed by atoms with Crippen LogP contribution in [0.1, 0.15) is 29.7 Å². The van der Waals surface area contributed by atoms with Crippen LogP contribution in [0, 0.1) is 11.8 Å². The maximum atomic E-state index is 12.9. The third kappa shape index (κ3) is 19.8. The summed E-state index contributed by atoms with van der Waals surface area (Å²) in [5, 5.41) is 99.5. The first kappa shape index (κ1) is 65.3. The molecule has 0 aromatic rings. The van der Waals surface area contributed by atoms with E-state index >= 15 is 0 Å². The Morgan fingerprint density at radius 3 is 1.64 bits per heavy atom. The molecule has 0 aromatic heterocycles. The molecule has 3 aliphatic rings. The number of hydrogen-bond donors (Lipinski definition) is 10. The predicted octanol–water partition coefficient (Wildman–Crippen LogP) is -1.68. The summed E-state index contributed by atoms with van der Waals surface area (Å²) in [6.45, 7) is -4.09. The van der Waals surface area contributed by atoms with Crippen molar-refractivity contribution in [3.63, 3.8) is 0 Å². The number of urea groups is 1.